The van der Waals surface area contributed by atoms with Gasteiger partial charge in [0.25, 0.3) is 6.43 Å². The molecule has 0 saturated carbocycles. The van der Waals surface area contributed by atoms with Crippen LogP contribution in [-0.2, 0) is 6.54 Å². The van der Waals surface area contributed by atoms with Crippen molar-refractivity contribution in [3.05, 3.63) is 29.8 Å². The van der Waals surface area contributed by atoms with Gasteiger partial charge in [0, 0.05) is 13.1 Å². The first-order chi connectivity index (χ1) is 10.7. The van der Waals surface area contributed by atoms with Crippen molar-refractivity contribution in [1.82, 2.24) is 10.6 Å². The van der Waals surface area contributed by atoms with Crippen LogP contribution in [0.25, 0.3) is 0 Å². The van der Waals surface area contributed by atoms with Gasteiger partial charge < -0.3 is 20.5 Å². The number of hydrogen-bond donors (Lipinski definition) is 3. The molecular weight excluding hydrogens is 306 g/mol. The molecule has 1 rings (SSSR count). The van der Waals surface area contributed by atoms with Gasteiger partial charge in [-0.1, -0.05) is 32.9 Å². The lowest BCUT2D eigenvalue weighted by molar-refractivity contribution is 0.0650. The third kappa shape index (κ3) is 7.78. The molecule has 0 aliphatic carbocycles. The third-order valence-corrected chi connectivity index (χ3v) is 3.18. The Labute approximate surface area is 135 Å². The summed E-state index contributed by atoms with van der Waals surface area (Å²) in [6.45, 7) is 5.34. The normalized spacial score (nSPS) is 12.8. The lowest BCUT2D eigenvalue weighted by Gasteiger charge is -2.25. The highest BCUT2D eigenvalue weighted by Gasteiger charge is 2.22. The maximum absolute atomic E-state index is 12.1. The fraction of sp³-hybridized carbons (Fsp3) is 0.562. The summed E-state index contributed by atoms with van der Waals surface area (Å²) in [7, 11) is 0. The van der Waals surface area contributed by atoms with Crippen molar-refractivity contribution in [3.63, 3.8) is 0 Å². The Bertz CT molecular complexity index is 504. The Balaban J connectivity index is 2.39. The first-order valence-corrected chi connectivity index (χ1v) is 7.38. The second-order valence-corrected chi connectivity index (χ2v) is 6.29. The van der Waals surface area contributed by atoms with Crippen molar-refractivity contribution in [3.8, 4) is 5.75 Å². The Morgan fingerprint density at radius 3 is 2.61 bits per heavy atom. The molecule has 0 bridgehead atoms. The summed E-state index contributed by atoms with van der Waals surface area (Å²) in [6, 6.07) is 6.17. The number of amides is 2. The van der Waals surface area contributed by atoms with E-state index < -0.39 is 25.2 Å². The third-order valence-electron chi connectivity index (χ3n) is 3.18. The first kappa shape index (κ1) is 19.2. The van der Waals surface area contributed by atoms with Gasteiger partial charge >= 0.3 is 6.03 Å². The zero-order valence-electron chi connectivity index (χ0n) is 13.6. The Morgan fingerprint density at radius 1 is 1.30 bits per heavy atom. The zero-order valence-corrected chi connectivity index (χ0v) is 13.6. The minimum Gasteiger partial charge on any atom is -0.488 e. The van der Waals surface area contributed by atoms with Gasteiger partial charge in [-0.05, 0) is 23.1 Å². The van der Waals surface area contributed by atoms with Crippen LogP contribution in [0.4, 0.5) is 13.6 Å². The molecule has 0 aliphatic heterocycles. The van der Waals surface area contributed by atoms with E-state index in [4.69, 9.17) is 4.74 Å². The summed E-state index contributed by atoms with van der Waals surface area (Å²) in [5, 5.41) is 15.1. The number of halogens is 2. The number of benzene rings is 1. The van der Waals surface area contributed by atoms with Gasteiger partial charge in [0.2, 0.25) is 0 Å². The maximum Gasteiger partial charge on any atom is 0.315 e. The van der Waals surface area contributed by atoms with E-state index in [1.165, 1.54) is 0 Å². The molecule has 1 aromatic carbocycles. The summed E-state index contributed by atoms with van der Waals surface area (Å²) in [4.78, 5) is 11.7. The number of aliphatic hydroxyl groups excluding tert-OH is 1. The highest BCUT2D eigenvalue weighted by molar-refractivity contribution is 5.73. The van der Waals surface area contributed by atoms with Gasteiger partial charge in [-0.3, -0.25) is 0 Å². The fourth-order valence-corrected chi connectivity index (χ4v) is 1.64. The van der Waals surface area contributed by atoms with Crippen LogP contribution in [-0.4, -0.2) is 36.8 Å². The topological polar surface area (TPSA) is 70.6 Å². The van der Waals surface area contributed by atoms with Gasteiger partial charge in [0.05, 0.1) is 6.10 Å². The van der Waals surface area contributed by atoms with Crippen molar-refractivity contribution in [2.75, 3.05) is 13.2 Å². The van der Waals surface area contributed by atoms with Gasteiger partial charge in [-0.25, -0.2) is 13.6 Å². The zero-order chi connectivity index (χ0) is 17.5. The highest BCUT2D eigenvalue weighted by Crippen LogP contribution is 2.18. The van der Waals surface area contributed by atoms with Gasteiger partial charge in [-0.15, -0.1) is 0 Å². The SMILES string of the molecule is CC(C)(C)C(O)CNC(=O)NCc1cccc(OCC(F)F)c1. The summed E-state index contributed by atoms with van der Waals surface area (Å²) in [5.41, 5.74) is 0.409. The van der Waals surface area contributed by atoms with E-state index in [1.807, 2.05) is 20.8 Å². The smallest absolute Gasteiger partial charge is 0.315 e. The number of aliphatic hydroxyl groups is 1. The average Bonchev–Trinajstić information content (AvgIpc) is 2.48. The van der Waals surface area contributed by atoms with Gasteiger partial charge in [-0.2, -0.15) is 0 Å². The van der Waals surface area contributed by atoms with E-state index in [2.05, 4.69) is 10.6 Å². The van der Waals surface area contributed by atoms with E-state index in [9.17, 15) is 18.7 Å². The number of alkyl halides is 2. The molecule has 0 aliphatic rings. The Kier molecular flexibility index (Phi) is 7.22. The number of rotatable bonds is 7. The maximum atomic E-state index is 12.1. The first-order valence-electron chi connectivity index (χ1n) is 7.38. The lowest BCUT2D eigenvalue weighted by Crippen LogP contribution is -2.43. The van der Waals surface area contributed by atoms with Crippen molar-refractivity contribution >= 4 is 6.03 Å². The van der Waals surface area contributed by atoms with Crippen LogP contribution in [0.3, 0.4) is 0 Å². The molecule has 3 N–H and O–H groups in total. The highest BCUT2D eigenvalue weighted by atomic mass is 19.3. The van der Waals surface area contributed by atoms with Crippen LogP contribution in [0.15, 0.2) is 24.3 Å². The summed E-state index contributed by atoms with van der Waals surface area (Å²) in [5.74, 6) is 0.327. The van der Waals surface area contributed by atoms with Crippen LogP contribution in [0.2, 0.25) is 0 Å². The molecule has 7 heteroatoms. The quantitative estimate of drug-likeness (QED) is 0.719. The van der Waals surface area contributed by atoms with Crippen molar-refractivity contribution < 1.29 is 23.4 Å². The number of ether oxygens (including phenoxy) is 1. The second-order valence-electron chi connectivity index (χ2n) is 6.29. The molecule has 0 fully saturated rings. The van der Waals surface area contributed by atoms with E-state index >= 15 is 0 Å². The summed E-state index contributed by atoms with van der Waals surface area (Å²) >= 11 is 0. The number of carbonyl (C=O) groups is 1. The number of urea groups is 1. The summed E-state index contributed by atoms with van der Waals surface area (Å²) in [6.07, 6.45) is -3.18. The number of carbonyl (C=O) groups excluding carboxylic acids is 1. The Hall–Kier alpha value is -1.89. The largest absolute Gasteiger partial charge is 0.488 e. The molecule has 0 heterocycles. The molecule has 1 aromatic rings. The van der Waals surface area contributed by atoms with Crippen molar-refractivity contribution in [2.24, 2.45) is 5.41 Å². The molecule has 2 amide bonds. The van der Waals surface area contributed by atoms with Gasteiger partial charge in [0.1, 0.15) is 12.4 Å². The second kappa shape index (κ2) is 8.67. The molecule has 130 valence electrons. The molecule has 0 spiro atoms. The van der Waals surface area contributed by atoms with E-state index in [0.717, 1.165) is 5.56 Å². The molecular formula is C16H24F2N2O3. The minimum absolute atomic E-state index is 0.146. The molecule has 1 unspecified atom stereocenters. The average molecular weight is 330 g/mol. The van der Waals surface area contributed by atoms with Crippen molar-refractivity contribution in [2.45, 2.75) is 39.8 Å². The minimum atomic E-state index is -2.53. The van der Waals surface area contributed by atoms with Crippen molar-refractivity contribution in [1.29, 1.82) is 0 Å². The van der Waals surface area contributed by atoms with Crippen LogP contribution in [0.5, 0.6) is 5.75 Å². The lowest BCUT2D eigenvalue weighted by atomic mass is 9.89. The number of nitrogens with one attached hydrogen (secondary N) is 2. The number of hydrogen-bond acceptors (Lipinski definition) is 3. The monoisotopic (exact) mass is 330 g/mol. The standard InChI is InChI=1S/C16H24F2N2O3/c1-16(2,3)13(21)9-20-15(22)19-8-11-5-4-6-12(7-11)23-10-14(17)18/h4-7,13-14,21H,8-10H2,1-3H3,(H2,19,20,22). The van der Waals surface area contributed by atoms with E-state index in [-0.39, 0.29) is 18.5 Å². The van der Waals surface area contributed by atoms with Crippen LogP contribution < -0.4 is 15.4 Å². The van der Waals surface area contributed by atoms with Crippen LogP contribution in [0, 0.1) is 5.41 Å². The molecule has 0 saturated heterocycles. The molecule has 0 radical (unpaired) electrons. The predicted octanol–water partition coefficient (Wildman–Crippen LogP) is 2.54. The van der Waals surface area contributed by atoms with Crippen LogP contribution >= 0.6 is 0 Å². The molecule has 0 aromatic heterocycles. The fourth-order valence-electron chi connectivity index (χ4n) is 1.64. The summed E-state index contributed by atoms with van der Waals surface area (Å²) < 4.78 is 29.1. The van der Waals surface area contributed by atoms with E-state index in [0.29, 0.717) is 5.75 Å². The van der Waals surface area contributed by atoms with E-state index in [1.54, 1.807) is 24.3 Å². The molecule has 23 heavy (non-hydrogen) atoms. The van der Waals surface area contributed by atoms with Crippen LogP contribution in [0.1, 0.15) is 26.3 Å². The predicted molar refractivity (Wildman–Crippen MR) is 83.6 cm³/mol. The molecule has 5 nitrogen and oxygen atoms in total. The van der Waals surface area contributed by atoms with Gasteiger partial charge in [0.15, 0.2) is 0 Å². The Morgan fingerprint density at radius 2 is 2.00 bits per heavy atom. The molecule has 1 atom stereocenters.